The Morgan fingerprint density at radius 3 is 2.21 bits per heavy atom. The molecule has 10 heteroatoms. The zero-order valence-corrected chi connectivity index (χ0v) is 18.6. The molecule has 3 aromatic rings. The van der Waals surface area contributed by atoms with Crippen molar-refractivity contribution in [3.05, 3.63) is 88.9 Å². The van der Waals surface area contributed by atoms with Crippen molar-refractivity contribution in [2.45, 2.75) is 6.92 Å². The molecule has 0 aromatic heterocycles. The van der Waals surface area contributed by atoms with Gasteiger partial charge in [0.25, 0.3) is 0 Å². The van der Waals surface area contributed by atoms with E-state index in [1.807, 2.05) is 0 Å². The predicted octanol–water partition coefficient (Wildman–Crippen LogP) is 3.61. The fraction of sp³-hybridized carbons (Fsp3) is 0.0417. The lowest BCUT2D eigenvalue weighted by Crippen LogP contribution is -2.32. The van der Waals surface area contributed by atoms with Crippen LogP contribution in [0, 0.1) is 0 Å². The molecule has 0 aliphatic rings. The van der Waals surface area contributed by atoms with Crippen molar-refractivity contribution in [2.75, 3.05) is 10.6 Å². The number of halogens is 1. The molecule has 34 heavy (non-hydrogen) atoms. The number of nitrogens with zero attached hydrogens (tertiary/aromatic N) is 1. The molecule has 172 valence electrons. The van der Waals surface area contributed by atoms with E-state index in [9.17, 15) is 19.2 Å². The average Bonchev–Trinajstić information content (AvgIpc) is 2.80. The average molecular weight is 479 g/mol. The van der Waals surface area contributed by atoms with Gasteiger partial charge in [-0.25, -0.2) is 10.2 Å². The van der Waals surface area contributed by atoms with E-state index >= 15 is 0 Å². The zero-order valence-electron chi connectivity index (χ0n) is 17.9. The van der Waals surface area contributed by atoms with Crippen molar-refractivity contribution < 1.29 is 23.9 Å². The molecule has 0 radical (unpaired) electrons. The van der Waals surface area contributed by atoms with Crippen molar-refractivity contribution in [3.8, 4) is 5.75 Å². The van der Waals surface area contributed by atoms with Gasteiger partial charge in [0.05, 0.1) is 11.8 Å². The molecule has 3 rings (SSSR count). The first-order chi connectivity index (χ1) is 16.3. The molecule has 0 unspecified atom stereocenters. The molecule has 0 spiro atoms. The van der Waals surface area contributed by atoms with Crippen LogP contribution in [0.5, 0.6) is 5.75 Å². The van der Waals surface area contributed by atoms with Gasteiger partial charge in [-0.05, 0) is 60.2 Å². The number of hydrogen-bond acceptors (Lipinski definition) is 6. The molecule has 0 aliphatic heterocycles. The summed E-state index contributed by atoms with van der Waals surface area (Å²) in [5.74, 6) is -2.44. The Labute approximate surface area is 199 Å². The molecular weight excluding hydrogens is 460 g/mol. The topological polar surface area (TPSA) is 126 Å². The summed E-state index contributed by atoms with van der Waals surface area (Å²) in [4.78, 5) is 47.3. The van der Waals surface area contributed by atoms with Gasteiger partial charge in [0, 0.05) is 23.3 Å². The van der Waals surface area contributed by atoms with E-state index in [0.717, 1.165) is 0 Å². The molecule has 0 saturated carbocycles. The van der Waals surface area contributed by atoms with E-state index in [1.54, 1.807) is 48.5 Å². The van der Waals surface area contributed by atoms with Crippen molar-refractivity contribution >= 4 is 52.9 Å². The largest absolute Gasteiger partial charge is 0.423 e. The lowest BCUT2D eigenvalue weighted by molar-refractivity contribution is -0.136. The molecule has 0 bridgehead atoms. The quantitative estimate of drug-likeness (QED) is 0.164. The van der Waals surface area contributed by atoms with Crippen molar-refractivity contribution in [3.63, 3.8) is 0 Å². The Bertz CT molecular complexity index is 1260. The van der Waals surface area contributed by atoms with Crippen LogP contribution < -0.4 is 20.8 Å². The highest BCUT2D eigenvalue weighted by atomic mass is 35.5. The van der Waals surface area contributed by atoms with E-state index < -0.39 is 17.8 Å². The van der Waals surface area contributed by atoms with E-state index in [2.05, 4.69) is 21.2 Å². The fourth-order valence-corrected chi connectivity index (χ4v) is 2.87. The number of nitrogens with one attached hydrogen (secondary N) is 3. The molecule has 0 saturated heterocycles. The summed E-state index contributed by atoms with van der Waals surface area (Å²) < 4.78 is 5.32. The Morgan fingerprint density at radius 1 is 0.853 bits per heavy atom. The van der Waals surface area contributed by atoms with Gasteiger partial charge in [-0.1, -0.05) is 29.8 Å². The van der Waals surface area contributed by atoms with Crippen LogP contribution >= 0.6 is 11.6 Å². The first-order valence-electron chi connectivity index (χ1n) is 9.90. The highest BCUT2D eigenvalue weighted by molar-refractivity contribution is 6.39. The summed E-state index contributed by atoms with van der Waals surface area (Å²) in [5, 5.41) is 9.17. The highest BCUT2D eigenvalue weighted by Crippen LogP contribution is 2.17. The number of hydrazone groups is 1. The third kappa shape index (κ3) is 7.28. The SMILES string of the molecule is CC(=O)Nc1ccc(NC(=O)C(=O)N/N=C/c2cccc(OC(=O)c3cccc(Cl)c3)c2)cc1. The molecule has 0 fully saturated rings. The molecule has 3 aromatic carbocycles. The number of anilines is 2. The third-order valence-electron chi connectivity index (χ3n) is 4.18. The summed E-state index contributed by atoms with van der Waals surface area (Å²) in [6.45, 7) is 1.38. The Kier molecular flexibility index (Phi) is 8.09. The van der Waals surface area contributed by atoms with Crippen molar-refractivity contribution in [1.82, 2.24) is 5.43 Å². The third-order valence-corrected chi connectivity index (χ3v) is 4.41. The Hall–Kier alpha value is -4.50. The molecule has 3 amide bonds. The number of amides is 3. The molecule has 0 heterocycles. The monoisotopic (exact) mass is 478 g/mol. The van der Waals surface area contributed by atoms with Crippen molar-refractivity contribution in [1.29, 1.82) is 0 Å². The van der Waals surface area contributed by atoms with Crippen LogP contribution in [0.2, 0.25) is 5.02 Å². The van der Waals surface area contributed by atoms with Gasteiger partial charge in [0.2, 0.25) is 5.91 Å². The molecule has 9 nitrogen and oxygen atoms in total. The fourth-order valence-electron chi connectivity index (χ4n) is 2.68. The normalized spacial score (nSPS) is 10.4. The van der Waals surface area contributed by atoms with Gasteiger partial charge in [0.15, 0.2) is 0 Å². The summed E-state index contributed by atoms with van der Waals surface area (Å²) in [6, 6.07) is 19.0. The number of carbonyl (C=O) groups excluding carboxylic acids is 4. The van der Waals surface area contributed by atoms with E-state index in [4.69, 9.17) is 16.3 Å². The lowest BCUT2D eigenvalue weighted by Gasteiger charge is -2.06. The first-order valence-corrected chi connectivity index (χ1v) is 10.3. The van der Waals surface area contributed by atoms with Gasteiger partial charge >= 0.3 is 17.8 Å². The van der Waals surface area contributed by atoms with Crippen LogP contribution in [0.4, 0.5) is 11.4 Å². The van der Waals surface area contributed by atoms with Crippen LogP contribution in [0.25, 0.3) is 0 Å². The van der Waals surface area contributed by atoms with Crippen LogP contribution in [0.15, 0.2) is 77.9 Å². The van der Waals surface area contributed by atoms with Crippen molar-refractivity contribution in [2.24, 2.45) is 5.10 Å². The minimum absolute atomic E-state index is 0.223. The second-order valence-corrected chi connectivity index (χ2v) is 7.32. The van der Waals surface area contributed by atoms with Gasteiger partial charge in [0.1, 0.15) is 5.75 Å². The number of ether oxygens (including phenoxy) is 1. The number of benzene rings is 3. The summed E-state index contributed by atoms with van der Waals surface area (Å²) in [7, 11) is 0. The number of carbonyl (C=O) groups is 4. The molecule has 3 N–H and O–H groups in total. The van der Waals surface area contributed by atoms with E-state index in [-0.39, 0.29) is 11.7 Å². The number of hydrogen-bond donors (Lipinski definition) is 3. The maximum Gasteiger partial charge on any atom is 0.343 e. The Balaban J connectivity index is 1.53. The number of rotatable bonds is 6. The van der Waals surface area contributed by atoms with E-state index in [0.29, 0.717) is 27.5 Å². The predicted molar refractivity (Wildman–Crippen MR) is 128 cm³/mol. The van der Waals surface area contributed by atoms with Gasteiger partial charge in [-0.15, -0.1) is 0 Å². The second-order valence-electron chi connectivity index (χ2n) is 6.88. The molecule has 0 atom stereocenters. The van der Waals surface area contributed by atoms with Crippen LogP contribution in [-0.4, -0.2) is 29.9 Å². The highest BCUT2D eigenvalue weighted by Gasteiger charge is 2.13. The smallest absolute Gasteiger partial charge is 0.343 e. The minimum atomic E-state index is -0.981. The summed E-state index contributed by atoms with van der Waals surface area (Å²) in [5.41, 5.74) is 3.86. The maximum absolute atomic E-state index is 12.2. The number of esters is 1. The lowest BCUT2D eigenvalue weighted by atomic mass is 10.2. The standard InChI is InChI=1S/C24H19ClN4O5/c1-15(30)27-19-8-10-20(11-9-19)28-22(31)23(32)29-26-14-16-4-2-7-21(12-16)34-24(33)17-5-3-6-18(25)13-17/h2-14H,1H3,(H,27,30)(H,28,31)(H,29,32)/b26-14+. The van der Waals surface area contributed by atoms with Gasteiger partial charge < -0.3 is 15.4 Å². The van der Waals surface area contributed by atoms with E-state index in [1.165, 1.54) is 37.4 Å². The van der Waals surface area contributed by atoms with Gasteiger partial charge in [-0.2, -0.15) is 5.10 Å². The molecule has 0 aliphatic carbocycles. The summed E-state index contributed by atoms with van der Waals surface area (Å²) >= 11 is 5.89. The minimum Gasteiger partial charge on any atom is -0.423 e. The summed E-state index contributed by atoms with van der Waals surface area (Å²) in [6.07, 6.45) is 1.30. The zero-order chi connectivity index (χ0) is 24.5. The first kappa shape index (κ1) is 24.1. The van der Waals surface area contributed by atoms with Gasteiger partial charge in [-0.3, -0.25) is 14.4 Å². The van der Waals surface area contributed by atoms with Crippen LogP contribution in [0.3, 0.4) is 0 Å². The van der Waals surface area contributed by atoms with Crippen LogP contribution in [-0.2, 0) is 14.4 Å². The second kappa shape index (κ2) is 11.4. The molecular formula is C24H19ClN4O5. The van der Waals surface area contributed by atoms with Crippen LogP contribution in [0.1, 0.15) is 22.8 Å². The maximum atomic E-state index is 12.2. The Morgan fingerprint density at radius 2 is 1.53 bits per heavy atom.